The summed E-state index contributed by atoms with van der Waals surface area (Å²) in [6.45, 7) is 1.96. The third-order valence-electron chi connectivity index (χ3n) is 3.97. The average Bonchev–Trinajstić information content (AvgIpc) is 3.14. The lowest BCUT2D eigenvalue weighted by atomic mass is 10.0. The van der Waals surface area contributed by atoms with Gasteiger partial charge in [-0.15, -0.1) is 11.3 Å². The summed E-state index contributed by atoms with van der Waals surface area (Å²) in [5.41, 5.74) is 0.597. The van der Waals surface area contributed by atoms with Crippen LogP contribution in [0.5, 0.6) is 0 Å². The van der Waals surface area contributed by atoms with Crippen molar-refractivity contribution in [3.8, 4) is 0 Å². The highest BCUT2D eigenvalue weighted by Crippen LogP contribution is 2.21. The summed E-state index contributed by atoms with van der Waals surface area (Å²) in [4.78, 5) is 38.8. The third-order valence-corrected chi connectivity index (χ3v) is 4.84. The molecular formula is C18H17NO5S. The van der Waals surface area contributed by atoms with Crippen LogP contribution in [0.3, 0.4) is 0 Å². The van der Waals surface area contributed by atoms with Gasteiger partial charge in [0.1, 0.15) is 0 Å². The summed E-state index contributed by atoms with van der Waals surface area (Å²) in [5, 5.41) is 11.0. The minimum atomic E-state index is -1.10. The molecule has 1 fully saturated rings. The fourth-order valence-electron chi connectivity index (χ4n) is 2.83. The maximum Gasteiger partial charge on any atom is 0.334 e. The number of ketones is 1. The maximum atomic E-state index is 12.9. The number of amides is 1. The molecule has 1 aliphatic heterocycles. The van der Waals surface area contributed by atoms with Gasteiger partial charge in [-0.2, -0.15) is 0 Å². The number of carbonyl (C=O) groups is 3. The molecule has 0 spiro atoms. The van der Waals surface area contributed by atoms with Crippen LogP contribution in [0.1, 0.15) is 32.5 Å². The van der Waals surface area contributed by atoms with Gasteiger partial charge in [-0.25, -0.2) is 4.79 Å². The number of benzene rings is 1. The van der Waals surface area contributed by atoms with Crippen molar-refractivity contribution in [2.75, 3.05) is 13.1 Å². The van der Waals surface area contributed by atoms with E-state index in [1.54, 1.807) is 48.7 Å². The van der Waals surface area contributed by atoms with Gasteiger partial charge in [0.05, 0.1) is 23.1 Å². The first-order chi connectivity index (χ1) is 12.0. The number of rotatable bonds is 4. The molecule has 130 valence electrons. The summed E-state index contributed by atoms with van der Waals surface area (Å²) in [5.74, 6) is -1.68. The van der Waals surface area contributed by atoms with Gasteiger partial charge in [-0.05, 0) is 24.4 Å². The molecule has 6 nitrogen and oxygen atoms in total. The Hall–Kier alpha value is -2.51. The standard InChI is InChI=1S/C18H17NO5S/c1-11-9-19(10-14(24-11)18(22)23)17(21)13-6-3-2-5-12(13)16(20)15-7-4-8-25-15/h2-8,11,14H,9-10H2,1H3,(H,22,23)/t11-,14?/m1/s1. The fraction of sp³-hybridized carbons (Fsp3) is 0.278. The van der Waals surface area contributed by atoms with Crippen molar-refractivity contribution < 1.29 is 24.2 Å². The predicted octanol–water partition coefficient (Wildman–Crippen LogP) is 2.29. The zero-order valence-electron chi connectivity index (χ0n) is 13.5. The first-order valence-electron chi connectivity index (χ1n) is 7.82. The Morgan fingerprint density at radius 2 is 1.84 bits per heavy atom. The lowest BCUT2D eigenvalue weighted by Gasteiger charge is -2.35. The lowest BCUT2D eigenvalue weighted by molar-refractivity contribution is -0.160. The number of carboxylic acids is 1. The van der Waals surface area contributed by atoms with Crippen LogP contribution in [-0.2, 0) is 9.53 Å². The molecule has 0 bridgehead atoms. The minimum Gasteiger partial charge on any atom is -0.479 e. The lowest BCUT2D eigenvalue weighted by Crippen LogP contribution is -2.52. The van der Waals surface area contributed by atoms with E-state index < -0.39 is 12.1 Å². The summed E-state index contributed by atoms with van der Waals surface area (Å²) in [6, 6.07) is 10.1. The second-order valence-corrected chi connectivity index (χ2v) is 6.78. The Bertz CT molecular complexity index is 802. The first kappa shape index (κ1) is 17.3. The van der Waals surface area contributed by atoms with E-state index in [1.807, 2.05) is 0 Å². The van der Waals surface area contributed by atoms with Crippen molar-refractivity contribution in [3.63, 3.8) is 0 Å². The molecule has 1 unspecified atom stereocenters. The van der Waals surface area contributed by atoms with Crippen molar-refractivity contribution in [1.82, 2.24) is 4.90 Å². The van der Waals surface area contributed by atoms with Crippen LogP contribution in [0.2, 0.25) is 0 Å². The monoisotopic (exact) mass is 359 g/mol. The van der Waals surface area contributed by atoms with E-state index in [4.69, 9.17) is 4.74 Å². The number of aliphatic carboxylic acids is 1. The molecule has 0 radical (unpaired) electrons. The SMILES string of the molecule is C[C@@H]1CN(C(=O)c2ccccc2C(=O)c2cccs2)CC(C(=O)O)O1. The van der Waals surface area contributed by atoms with Gasteiger partial charge in [0.15, 0.2) is 6.10 Å². The molecule has 1 aromatic heterocycles. The summed E-state index contributed by atoms with van der Waals surface area (Å²) in [7, 11) is 0. The van der Waals surface area contributed by atoms with Gasteiger partial charge in [-0.3, -0.25) is 9.59 Å². The largest absolute Gasteiger partial charge is 0.479 e. The normalized spacial score (nSPS) is 20.3. The number of hydrogen-bond acceptors (Lipinski definition) is 5. The highest BCUT2D eigenvalue weighted by atomic mass is 32.1. The van der Waals surface area contributed by atoms with Gasteiger partial charge >= 0.3 is 5.97 Å². The van der Waals surface area contributed by atoms with Crippen LogP contribution in [-0.4, -0.2) is 53.0 Å². The Morgan fingerprint density at radius 1 is 1.12 bits per heavy atom. The molecular weight excluding hydrogens is 342 g/mol. The molecule has 0 saturated carbocycles. The van der Waals surface area contributed by atoms with Crippen LogP contribution in [0.15, 0.2) is 41.8 Å². The summed E-state index contributed by atoms with van der Waals surface area (Å²) < 4.78 is 5.34. The zero-order chi connectivity index (χ0) is 18.0. The van der Waals surface area contributed by atoms with Gasteiger partial charge in [0.2, 0.25) is 5.78 Å². The molecule has 7 heteroatoms. The Labute approximate surface area is 148 Å². The maximum absolute atomic E-state index is 12.9. The molecule has 1 saturated heterocycles. The van der Waals surface area contributed by atoms with Crippen molar-refractivity contribution in [1.29, 1.82) is 0 Å². The molecule has 2 aromatic rings. The van der Waals surface area contributed by atoms with Crippen molar-refractivity contribution >= 4 is 29.0 Å². The van der Waals surface area contributed by atoms with Gasteiger partial charge in [0, 0.05) is 12.1 Å². The van der Waals surface area contributed by atoms with Gasteiger partial charge in [-0.1, -0.05) is 24.3 Å². The van der Waals surface area contributed by atoms with Gasteiger partial charge < -0.3 is 14.7 Å². The number of ether oxygens (including phenoxy) is 1. The second-order valence-electron chi connectivity index (χ2n) is 5.84. The molecule has 1 aromatic carbocycles. The van der Waals surface area contributed by atoms with Crippen molar-refractivity contribution in [2.45, 2.75) is 19.1 Å². The highest BCUT2D eigenvalue weighted by molar-refractivity contribution is 7.12. The number of carbonyl (C=O) groups excluding carboxylic acids is 2. The number of nitrogens with zero attached hydrogens (tertiary/aromatic N) is 1. The van der Waals surface area contributed by atoms with Crippen LogP contribution in [0.4, 0.5) is 0 Å². The van der Waals surface area contributed by atoms with Crippen LogP contribution in [0.25, 0.3) is 0 Å². The number of thiophene rings is 1. The van der Waals surface area contributed by atoms with E-state index in [-0.39, 0.29) is 36.4 Å². The molecule has 25 heavy (non-hydrogen) atoms. The molecule has 0 aliphatic carbocycles. The number of morpholine rings is 1. The average molecular weight is 359 g/mol. The Kier molecular flexibility index (Phi) is 4.96. The minimum absolute atomic E-state index is 0.0416. The van der Waals surface area contributed by atoms with E-state index in [1.165, 1.54) is 16.2 Å². The molecule has 2 atom stereocenters. The van der Waals surface area contributed by atoms with Gasteiger partial charge in [0.25, 0.3) is 5.91 Å². The van der Waals surface area contributed by atoms with Crippen LogP contribution >= 0.6 is 11.3 Å². The molecule has 2 heterocycles. The summed E-state index contributed by atoms with van der Waals surface area (Å²) >= 11 is 1.31. The topological polar surface area (TPSA) is 83.9 Å². The molecule has 1 amide bonds. The Morgan fingerprint density at radius 3 is 2.48 bits per heavy atom. The first-order valence-corrected chi connectivity index (χ1v) is 8.70. The highest BCUT2D eigenvalue weighted by Gasteiger charge is 2.34. The van der Waals surface area contributed by atoms with Crippen LogP contribution < -0.4 is 0 Å². The summed E-state index contributed by atoms with van der Waals surface area (Å²) in [6.07, 6.45) is -1.45. The quantitative estimate of drug-likeness (QED) is 0.847. The third kappa shape index (κ3) is 3.62. The Balaban J connectivity index is 1.90. The zero-order valence-corrected chi connectivity index (χ0v) is 14.4. The van der Waals surface area contributed by atoms with E-state index in [9.17, 15) is 19.5 Å². The molecule has 1 aliphatic rings. The fourth-order valence-corrected chi connectivity index (χ4v) is 3.51. The number of hydrogen-bond donors (Lipinski definition) is 1. The molecule has 3 rings (SSSR count). The van der Waals surface area contributed by atoms with Crippen molar-refractivity contribution in [3.05, 3.63) is 57.8 Å². The van der Waals surface area contributed by atoms with E-state index in [0.29, 0.717) is 10.4 Å². The van der Waals surface area contributed by atoms with E-state index in [0.717, 1.165) is 0 Å². The smallest absolute Gasteiger partial charge is 0.334 e. The van der Waals surface area contributed by atoms with E-state index in [2.05, 4.69) is 0 Å². The van der Waals surface area contributed by atoms with E-state index >= 15 is 0 Å². The predicted molar refractivity (Wildman–Crippen MR) is 92.1 cm³/mol. The van der Waals surface area contributed by atoms with Crippen LogP contribution in [0, 0.1) is 0 Å². The number of carboxylic acid groups (broad SMARTS) is 1. The second kappa shape index (κ2) is 7.16. The van der Waals surface area contributed by atoms with Crippen molar-refractivity contribution in [2.24, 2.45) is 0 Å². The molecule has 1 N–H and O–H groups in total.